The number of carbonyl (C=O) groups is 1. The first-order valence-corrected chi connectivity index (χ1v) is 8.29. The second-order valence-corrected chi connectivity index (χ2v) is 7.08. The van der Waals surface area contributed by atoms with E-state index < -0.39 is 0 Å². The van der Waals surface area contributed by atoms with Gasteiger partial charge in [-0.25, -0.2) is 4.79 Å². The van der Waals surface area contributed by atoms with Gasteiger partial charge in [0.05, 0.1) is 0 Å². The number of nitrogens with one attached hydrogen (secondary N) is 2. The first-order valence-electron chi connectivity index (χ1n) is 8.29. The zero-order valence-electron chi connectivity index (χ0n) is 12.2. The Balaban J connectivity index is 1.43. The molecule has 3 heteroatoms. The Labute approximate surface area is 116 Å². The van der Waals surface area contributed by atoms with E-state index in [1.165, 1.54) is 44.9 Å². The minimum absolute atomic E-state index is 0.0715. The van der Waals surface area contributed by atoms with E-state index in [9.17, 15) is 4.79 Å². The molecule has 0 aromatic heterocycles. The van der Waals surface area contributed by atoms with Crippen molar-refractivity contribution >= 4 is 6.03 Å². The van der Waals surface area contributed by atoms with E-state index in [0.717, 1.165) is 30.6 Å². The first kappa shape index (κ1) is 13.3. The third kappa shape index (κ3) is 3.06. The van der Waals surface area contributed by atoms with Gasteiger partial charge >= 0.3 is 6.03 Å². The van der Waals surface area contributed by atoms with E-state index in [0.29, 0.717) is 12.1 Å². The van der Waals surface area contributed by atoms with Crippen LogP contribution in [-0.2, 0) is 0 Å². The molecule has 3 aliphatic carbocycles. The number of rotatable bonds is 3. The highest BCUT2D eigenvalue weighted by Crippen LogP contribution is 2.49. The SMILES string of the molecule is C[C@H](NC(=O)NC1CCCCC1)[C@@H]1C[C@H]2CC[C@H]1C2. The van der Waals surface area contributed by atoms with Crippen LogP contribution >= 0.6 is 0 Å². The standard InChI is InChI=1S/C16H28N2O/c1-11(15-10-12-7-8-13(15)9-12)17-16(19)18-14-5-3-2-4-6-14/h11-15H,2-10H2,1H3,(H2,17,18,19)/t11-,12-,13-,15-/m0/s1. The molecule has 2 bridgehead atoms. The Morgan fingerprint density at radius 2 is 1.84 bits per heavy atom. The highest BCUT2D eigenvalue weighted by atomic mass is 16.2. The van der Waals surface area contributed by atoms with Gasteiger partial charge in [-0.3, -0.25) is 0 Å². The third-order valence-corrected chi connectivity index (χ3v) is 5.73. The molecular weight excluding hydrogens is 236 g/mol. The topological polar surface area (TPSA) is 41.1 Å². The normalized spacial score (nSPS) is 36.2. The van der Waals surface area contributed by atoms with Gasteiger partial charge in [-0.15, -0.1) is 0 Å². The van der Waals surface area contributed by atoms with Crippen molar-refractivity contribution in [3.8, 4) is 0 Å². The van der Waals surface area contributed by atoms with Crippen molar-refractivity contribution in [2.45, 2.75) is 76.8 Å². The van der Waals surface area contributed by atoms with Gasteiger partial charge in [0.15, 0.2) is 0 Å². The molecule has 3 rings (SSSR count). The molecule has 4 atom stereocenters. The maximum atomic E-state index is 12.1. The first-order chi connectivity index (χ1) is 9.22. The summed E-state index contributed by atoms with van der Waals surface area (Å²) in [5, 5.41) is 6.37. The fourth-order valence-corrected chi connectivity index (χ4v) is 4.69. The second-order valence-electron chi connectivity index (χ2n) is 7.08. The van der Waals surface area contributed by atoms with Crippen LogP contribution in [0.4, 0.5) is 4.79 Å². The van der Waals surface area contributed by atoms with Crippen molar-refractivity contribution in [3.05, 3.63) is 0 Å². The van der Waals surface area contributed by atoms with Gasteiger partial charge < -0.3 is 10.6 Å². The summed E-state index contributed by atoms with van der Waals surface area (Å²) in [5.74, 6) is 2.58. The van der Waals surface area contributed by atoms with Crippen molar-refractivity contribution in [2.24, 2.45) is 17.8 Å². The Morgan fingerprint density at radius 1 is 1.05 bits per heavy atom. The van der Waals surface area contributed by atoms with Gasteiger partial charge in [0.1, 0.15) is 0 Å². The fraction of sp³-hybridized carbons (Fsp3) is 0.938. The summed E-state index contributed by atoms with van der Waals surface area (Å²) in [6.45, 7) is 2.20. The number of amides is 2. The Hall–Kier alpha value is -0.730. The Kier molecular flexibility index (Phi) is 3.99. The van der Waals surface area contributed by atoms with Crippen molar-refractivity contribution < 1.29 is 4.79 Å². The molecule has 19 heavy (non-hydrogen) atoms. The number of urea groups is 1. The number of fused-ring (bicyclic) bond motifs is 2. The Bertz CT molecular complexity index is 325. The monoisotopic (exact) mass is 264 g/mol. The average Bonchev–Trinajstić information content (AvgIpc) is 3.02. The Morgan fingerprint density at radius 3 is 2.47 bits per heavy atom. The van der Waals surface area contributed by atoms with Crippen LogP contribution in [0.15, 0.2) is 0 Å². The quantitative estimate of drug-likeness (QED) is 0.805. The third-order valence-electron chi connectivity index (χ3n) is 5.73. The maximum Gasteiger partial charge on any atom is 0.315 e. The molecule has 2 amide bonds. The van der Waals surface area contributed by atoms with Crippen molar-refractivity contribution in [2.75, 3.05) is 0 Å². The molecule has 0 spiro atoms. The second kappa shape index (κ2) is 5.72. The van der Waals surface area contributed by atoms with Crippen LogP contribution in [0.5, 0.6) is 0 Å². The molecule has 0 radical (unpaired) electrons. The van der Waals surface area contributed by atoms with Gasteiger partial charge in [0, 0.05) is 12.1 Å². The van der Waals surface area contributed by atoms with E-state index in [1.54, 1.807) is 0 Å². The van der Waals surface area contributed by atoms with Crippen molar-refractivity contribution in [1.82, 2.24) is 10.6 Å². The molecule has 0 aliphatic heterocycles. The molecule has 2 N–H and O–H groups in total. The molecule has 108 valence electrons. The van der Waals surface area contributed by atoms with Crippen LogP contribution in [0.1, 0.15) is 64.7 Å². The van der Waals surface area contributed by atoms with Crippen LogP contribution in [-0.4, -0.2) is 18.1 Å². The highest BCUT2D eigenvalue weighted by Gasteiger charge is 2.42. The lowest BCUT2D eigenvalue weighted by molar-refractivity contribution is 0.213. The molecule has 0 unspecified atom stereocenters. The predicted octanol–water partition coefficient (Wildman–Crippen LogP) is 3.44. The summed E-state index contributed by atoms with van der Waals surface area (Å²) in [7, 11) is 0. The maximum absolute atomic E-state index is 12.1. The van der Waals surface area contributed by atoms with Crippen LogP contribution in [0.3, 0.4) is 0 Å². The van der Waals surface area contributed by atoms with E-state index in [4.69, 9.17) is 0 Å². The van der Waals surface area contributed by atoms with Crippen LogP contribution < -0.4 is 10.6 Å². The largest absolute Gasteiger partial charge is 0.335 e. The molecule has 0 heterocycles. The molecule has 3 fully saturated rings. The van der Waals surface area contributed by atoms with Crippen LogP contribution in [0.2, 0.25) is 0 Å². The van der Waals surface area contributed by atoms with Gasteiger partial charge in [-0.05, 0) is 56.8 Å². The number of hydrogen-bond acceptors (Lipinski definition) is 1. The number of hydrogen-bond donors (Lipinski definition) is 2. The van der Waals surface area contributed by atoms with E-state index >= 15 is 0 Å². The minimum atomic E-state index is 0.0715. The fourth-order valence-electron chi connectivity index (χ4n) is 4.69. The summed E-state index contributed by atoms with van der Waals surface area (Å²) >= 11 is 0. The molecular formula is C16H28N2O. The van der Waals surface area contributed by atoms with Crippen molar-refractivity contribution in [3.63, 3.8) is 0 Å². The number of carbonyl (C=O) groups excluding carboxylic acids is 1. The van der Waals surface area contributed by atoms with E-state index in [1.807, 2.05) is 0 Å². The molecule has 0 aromatic rings. The lowest BCUT2D eigenvalue weighted by Crippen LogP contribution is -2.48. The summed E-state index contributed by atoms with van der Waals surface area (Å²) < 4.78 is 0. The summed E-state index contributed by atoms with van der Waals surface area (Å²) in [4.78, 5) is 12.1. The lowest BCUT2D eigenvalue weighted by atomic mass is 9.84. The molecule has 0 saturated heterocycles. The molecule has 0 aromatic carbocycles. The zero-order chi connectivity index (χ0) is 13.2. The van der Waals surface area contributed by atoms with Crippen LogP contribution in [0.25, 0.3) is 0 Å². The van der Waals surface area contributed by atoms with Gasteiger partial charge in [0.25, 0.3) is 0 Å². The van der Waals surface area contributed by atoms with Gasteiger partial charge in [-0.1, -0.05) is 25.7 Å². The van der Waals surface area contributed by atoms with Gasteiger partial charge in [0.2, 0.25) is 0 Å². The molecule has 3 saturated carbocycles. The smallest absolute Gasteiger partial charge is 0.315 e. The van der Waals surface area contributed by atoms with Crippen LogP contribution in [0, 0.1) is 17.8 Å². The lowest BCUT2D eigenvalue weighted by Gasteiger charge is -2.30. The molecule has 3 aliphatic rings. The predicted molar refractivity (Wildman–Crippen MR) is 76.9 cm³/mol. The zero-order valence-corrected chi connectivity index (χ0v) is 12.2. The van der Waals surface area contributed by atoms with Crippen molar-refractivity contribution in [1.29, 1.82) is 0 Å². The van der Waals surface area contributed by atoms with E-state index in [-0.39, 0.29) is 6.03 Å². The van der Waals surface area contributed by atoms with Gasteiger partial charge in [-0.2, -0.15) is 0 Å². The summed E-state index contributed by atoms with van der Waals surface area (Å²) in [6, 6.07) is 0.835. The summed E-state index contributed by atoms with van der Waals surface area (Å²) in [5.41, 5.74) is 0. The minimum Gasteiger partial charge on any atom is -0.335 e. The molecule has 3 nitrogen and oxygen atoms in total. The summed E-state index contributed by atoms with van der Waals surface area (Å²) in [6.07, 6.45) is 11.8. The highest BCUT2D eigenvalue weighted by molar-refractivity contribution is 5.74. The van der Waals surface area contributed by atoms with E-state index in [2.05, 4.69) is 17.6 Å². The average molecular weight is 264 g/mol.